The van der Waals surface area contributed by atoms with Crippen LogP contribution in [0.15, 0.2) is 34.3 Å². The number of benzene rings is 1. The molecule has 0 saturated carbocycles. The van der Waals surface area contributed by atoms with Crippen LogP contribution in [0.4, 0.5) is 5.69 Å². The van der Waals surface area contributed by atoms with Crippen molar-refractivity contribution >= 4 is 23.3 Å². The van der Waals surface area contributed by atoms with Gasteiger partial charge in [0.05, 0.1) is 38.1 Å². The van der Waals surface area contributed by atoms with Crippen LogP contribution in [0.25, 0.3) is 0 Å². The summed E-state index contributed by atoms with van der Waals surface area (Å²) in [5.41, 5.74) is 8.38. The van der Waals surface area contributed by atoms with Gasteiger partial charge in [-0.25, -0.2) is 9.98 Å². The van der Waals surface area contributed by atoms with Gasteiger partial charge in [0.25, 0.3) is 5.91 Å². The van der Waals surface area contributed by atoms with Crippen LogP contribution in [0, 0.1) is 6.92 Å². The molecule has 1 aromatic carbocycles. The summed E-state index contributed by atoms with van der Waals surface area (Å²) in [7, 11) is 1.56. The number of aliphatic hydroxyl groups excluding tert-OH is 1. The summed E-state index contributed by atoms with van der Waals surface area (Å²) in [5.74, 6) is 1.82. The predicted octanol–water partition coefficient (Wildman–Crippen LogP) is 0.724. The molecule has 0 spiro atoms. The first-order valence-corrected chi connectivity index (χ1v) is 12.0. The van der Waals surface area contributed by atoms with Crippen molar-refractivity contribution in [2.75, 3.05) is 59.7 Å². The molecule has 0 radical (unpaired) electrons. The summed E-state index contributed by atoms with van der Waals surface area (Å²) in [5, 5.41) is 10.5. The number of aliphatic imine (C=N–C) groups is 2. The summed E-state index contributed by atoms with van der Waals surface area (Å²) >= 11 is 0. The zero-order valence-corrected chi connectivity index (χ0v) is 20.4. The van der Waals surface area contributed by atoms with E-state index in [1.807, 2.05) is 17.0 Å². The Hall–Kier alpha value is -3.54. The van der Waals surface area contributed by atoms with Crippen molar-refractivity contribution in [1.82, 2.24) is 14.8 Å². The number of pyridine rings is 1. The number of carbonyl (C=O) groups is 1. The molecule has 3 aliphatic rings. The minimum Gasteiger partial charge on any atom is -0.491 e. The highest BCUT2D eigenvalue weighted by atomic mass is 16.5. The molecular weight excluding hydrogens is 464 g/mol. The van der Waals surface area contributed by atoms with Crippen molar-refractivity contribution in [2.24, 2.45) is 15.7 Å². The van der Waals surface area contributed by atoms with Crippen LogP contribution >= 0.6 is 0 Å². The van der Waals surface area contributed by atoms with E-state index in [9.17, 15) is 9.90 Å². The Balaban J connectivity index is 1.44. The van der Waals surface area contributed by atoms with Gasteiger partial charge in [-0.1, -0.05) is 0 Å². The molecule has 1 fully saturated rings. The number of amidine groups is 2. The first kappa shape index (κ1) is 24.2. The number of carbonyl (C=O) groups excluding carboxylic acids is 1. The maximum Gasteiger partial charge on any atom is 0.250 e. The van der Waals surface area contributed by atoms with Crippen molar-refractivity contribution in [3.63, 3.8) is 0 Å². The van der Waals surface area contributed by atoms with Crippen LogP contribution in [-0.2, 0) is 4.74 Å². The Morgan fingerprint density at radius 2 is 2.00 bits per heavy atom. The van der Waals surface area contributed by atoms with E-state index in [1.165, 1.54) is 0 Å². The summed E-state index contributed by atoms with van der Waals surface area (Å²) in [4.78, 5) is 30.0. The average molecular weight is 495 g/mol. The molecule has 0 bridgehead atoms. The number of aromatic nitrogens is 1. The van der Waals surface area contributed by atoms with Gasteiger partial charge in [0.15, 0.2) is 17.3 Å². The molecule has 0 unspecified atom stereocenters. The minimum absolute atomic E-state index is 0.117. The van der Waals surface area contributed by atoms with E-state index < -0.39 is 12.0 Å². The normalized spacial score (nSPS) is 18.1. The number of morpholine rings is 1. The lowest BCUT2D eigenvalue weighted by atomic mass is 10.1. The van der Waals surface area contributed by atoms with Gasteiger partial charge in [0.2, 0.25) is 0 Å². The van der Waals surface area contributed by atoms with Crippen LogP contribution < -0.4 is 15.2 Å². The fraction of sp³-hybridized carbons (Fsp3) is 0.440. The molecule has 190 valence electrons. The third-order valence-corrected chi connectivity index (χ3v) is 6.44. The highest BCUT2D eigenvalue weighted by Gasteiger charge is 2.34. The summed E-state index contributed by atoms with van der Waals surface area (Å²) in [6.45, 7) is 6.60. The zero-order chi connectivity index (χ0) is 25.2. The van der Waals surface area contributed by atoms with Crippen LogP contribution in [0.5, 0.6) is 11.5 Å². The topological polar surface area (TPSA) is 135 Å². The number of nitrogens with two attached hydrogens (primary N) is 1. The van der Waals surface area contributed by atoms with E-state index in [4.69, 9.17) is 29.9 Å². The number of ether oxygens (including phenoxy) is 3. The number of aliphatic hydroxyl groups is 1. The Morgan fingerprint density at radius 1 is 1.19 bits per heavy atom. The van der Waals surface area contributed by atoms with Crippen LogP contribution in [0.3, 0.4) is 0 Å². The van der Waals surface area contributed by atoms with Gasteiger partial charge in [0, 0.05) is 31.7 Å². The van der Waals surface area contributed by atoms with E-state index in [1.54, 1.807) is 26.2 Å². The Bertz CT molecular complexity index is 1220. The highest BCUT2D eigenvalue weighted by molar-refractivity contribution is 6.21. The number of hydrogen-bond acceptors (Lipinski definition) is 10. The second kappa shape index (κ2) is 10.2. The minimum atomic E-state index is -0.659. The van der Waals surface area contributed by atoms with E-state index in [2.05, 4.69) is 9.88 Å². The molecule has 11 nitrogen and oxygen atoms in total. The molecule has 3 N–H and O–H groups in total. The second-order valence-electron chi connectivity index (χ2n) is 8.86. The highest BCUT2D eigenvalue weighted by Crippen LogP contribution is 2.44. The summed E-state index contributed by atoms with van der Waals surface area (Å²) < 4.78 is 17.1. The fourth-order valence-corrected chi connectivity index (χ4v) is 4.67. The maximum atomic E-state index is 11.7. The molecule has 5 rings (SSSR count). The number of aryl methyl sites for hydroxylation is 1. The van der Waals surface area contributed by atoms with E-state index in [-0.39, 0.29) is 6.61 Å². The lowest BCUT2D eigenvalue weighted by Crippen LogP contribution is -2.42. The van der Waals surface area contributed by atoms with Crippen LogP contribution in [-0.4, -0.2) is 103 Å². The number of primary amides is 1. The number of methoxy groups -OCH3 is 1. The predicted molar refractivity (Wildman–Crippen MR) is 134 cm³/mol. The lowest BCUT2D eigenvalue weighted by molar-refractivity contribution is 0.00446. The summed E-state index contributed by atoms with van der Waals surface area (Å²) in [6.07, 6.45) is -0.659. The molecule has 11 heteroatoms. The standard InChI is InChI=1S/C25H30N6O5/c1-15-17(23(26)33)3-5-19(28-15)25-29-21-18(24-27-7-8-31(24)25)4-6-20(22(21)34-2)36-14-16(32)13-30-9-11-35-12-10-30/h3-6,16,32H,7-14H2,1-2H3,(H2,26,33)/t16-/m1/s1. The third kappa shape index (κ3) is 4.64. The monoisotopic (exact) mass is 494 g/mol. The molecule has 1 saturated heterocycles. The zero-order valence-electron chi connectivity index (χ0n) is 20.4. The lowest BCUT2D eigenvalue weighted by Gasteiger charge is -2.29. The number of nitrogens with zero attached hydrogens (tertiary/aromatic N) is 5. The van der Waals surface area contributed by atoms with Gasteiger partial charge in [0.1, 0.15) is 29.9 Å². The molecule has 1 aromatic heterocycles. The van der Waals surface area contributed by atoms with Crippen LogP contribution in [0.1, 0.15) is 27.3 Å². The van der Waals surface area contributed by atoms with Gasteiger partial charge in [-0.15, -0.1) is 0 Å². The third-order valence-electron chi connectivity index (χ3n) is 6.44. The molecule has 4 heterocycles. The molecule has 36 heavy (non-hydrogen) atoms. The number of rotatable bonds is 8. The first-order valence-electron chi connectivity index (χ1n) is 12.0. The van der Waals surface area contributed by atoms with Gasteiger partial charge in [-0.3, -0.25) is 14.7 Å². The molecule has 0 aliphatic carbocycles. The largest absolute Gasteiger partial charge is 0.491 e. The van der Waals surface area contributed by atoms with Gasteiger partial charge < -0.3 is 30.0 Å². The molecule has 2 aromatic rings. The quantitative estimate of drug-likeness (QED) is 0.548. The number of β-amino-alcohol motifs (C(OH)–C–C–N with tert-alkyl or cyclic N) is 1. The molecular formula is C25H30N6O5. The first-order chi connectivity index (χ1) is 17.5. The Morgan fingerprint density at radius 3 is 2.72 bits per heavy atom. The van der Waals surface area contributed by atoms with Crippen molar-refractivity contribution < 1.29 is 24.1 Å². The van der Waals surface area contributed by atoms with Crippen molar-refractivity contribution in [3.05, 3.63) is 46.8 Å². The molecule has 3 aliphatic heterocycles. The number of fused-ring (bicyclic) bond motifs is 3. The Kier molecular flexibility index (Phi) is 6.86. The molecule has 1 amide bonds. The molecule has 1 atom stereocenters. The summed E-state index contributed by atoms with van der Waals surface area (Å²) in [6, 6.07) is 7.13. The van der Waals surface area contributed by atoms with Crippen molar-refractivity contribution in [2.45, 2.75) is 13.0 Å². The maximum absolute atomic E-state index is 11.7. The van der Waals surface area contributed by atoms with Crippen molar-refractivity contribution in [3.8, 4) is 11.5 Å². The van der Waals surface area contributed by atoms with Crippen molar-refractivity contribution in [1.29, 1.82) is 0 Å². The van der Waals surface area contributed by atoms with E-state index >= 15 is 0 Å². The number of hydrogen-bond donors (Lipinski definition) is 2. The smallest absolute Gasteiger partial charge is 0.250 e. The van der Waals surface area contributed by atoms with Crippen LogP contribution in [0.2, 0.25) is 0 Å². The van der Waals surface area contributed by atoms with E-state index in [0.717, 1.165) is 24.5 Å². The average Bonchev–Trinajstić information content (AvgIpc) is 3.37. The Labute approximate surface area is 209 Å². The second-order valence-corrected chi connectivity index (χ2v) is 8.86. The van der Waals surface area contributed by atoms with Gasteiger partial charge >= 0.3 is 0 Å². The number of amides is 1. The SMILES string of the molecule is COc1c(OC[C@H](O)CN2CCOCC2)ccc2c1N=C(c1ccc(C(N)=O)c(C)n1)N1CCN=C21. The van der Waals surface area contributed by atoms with Gasteiger partial charge in [-0.2, -0.15) is 0 Å². The van der Waals surface area contributed by atoms with Gasteiger partial charge in [-0.05, 0) is 31.2 Å². The van der Waals surface area contributed by atoms with E-state index in [0.29, 0.717) is 72.8 Å². The fourth-order valence-electron chi connectivity index (χ4n) is 4.67.